The minimum Gasteiger partial charge on any atom is -0.481 e. The second-order valence-electron chi connectivity index (χ2n) is 5.67. The van der Waals surface area contributed by atoms with Crippen molar-refractivity contribution in [1.29, 1.82) is 0 Å². The predicted molar refractivity (Wildman–Crippen MR) is 75.5 cm³/mol. The molecule has 0 saturated carbocycles. The van der Waals surface area contributed by atoms with Gasteiger partial charge in [-0.1, -0.05) is 13.8 Å². The van der Waals surface area contributed by atoms with Crippen molar-refractivity contribution in [3.63, 3.8) is 0 Å². The van der Waals surface area contributed by atoms with Crippen LogP contribution in [0, 0.1) is 5.41 Å². The summed E-state index contributed by atoms with van der Waals surface area (Å²) < 4.78 is 4.96. The number of hydrogen-bond acceptors (Lipinski definition) is 4. The van der Waals surface area contributed by atoms with E-state index < -0.39 is 0 Å². The Morgan fingerprint density at radius 2 is 2.11 bits per heavy atom. The summed E-state index contributed by atoms with van der Waals surface area (Å²) in [5, 5.41) is 2.94. The lowest BCUT2D eigenvalue weighted by molar-refractivity contribution is 0.0929. The highest BCUT2D eigenvalue weighted by atomic mass is 16.5. The first-order valence-corrected chi connectivity index (χ1v) is 6.27. The average molecular weight is 265 g/mol. The summed E-state index contributed by atoms with van der Waals surface area (Å²) >= 11 is 0. The Morgan fingerprint density at radius 1 is 1.42 bits per heavy atom. The summed E-state index contributed by atoms with van der Waals surface area (Å²) in [5.41, 5.74) is 0.570. The van der Waals surface area contributed by atoms with E-state index in [0.717, 1.165) is 6.54 Å². The Kier molecular flexibility index (Phi) is 5.30. The molecule has 0 radical (unpaired) electrons. The molecule has 0 aliphatic rings. The summed E-state index contributed by atoms with van der Waals surface area (Å²) in [5.74, 6) is 0.395. The maximum absolute atomic E-state index is 12.0. The molecule has 0 aromatic carbocycles. The van der Waals surface area contributed by atoms with Crippen LogP contribution in [0.1, 0.15) is 24.2 Å². The number of hydrogen-bond donors (Lipinski definition) is 1. The monoisotopic (exact) mass is 265 g/mol. The molecule has 5 nitrogen and oxygen atoms in total. The van der Waals surface area contributed by atoms with Crippen LogP contribution in [-0.2, 0) is 0 Å². The molecule has 0 aliphatic heterocycles. The van der Waals surface area contributed by atoms with Gasteiger partial charge in [-0.15, -0.1) is 0 Å². The SMILES string of the molecule is COc1ccc(C(=O)NCC(C)(C)CN(C)C)cn1. The molecule has 0 fully saturated rings. The first-order valence-electron chi connectivity index (χ1n) is 6.27. The number of ether oxygens (including phenoxy) is 1. The van der Waals surface area contributed by atoms with E-state index in [2.05, 4.69) is 29.0 Å². The fraction of sp³-hybridized carbons (Fsp3) is 0.571. The van der Waals surface area contributed by atoms with E-state index in [0.29, 0.717) is 18.0 Å². The van der Waals surface area contributed by atoms with Gasteiger partial charge in [-0.05, 0) is 25.6 Å². The quantitative estimate of drug-likeness (QED) is 0.845. The van der Waals surface area contributed by atoms with Gasteiger partial charge >= 0.3 is 0 Å². The van der Waals surface area contributed by atoms with E-state index in [1.54, 1.807) is 19.2 Å². The third-order valence-electron chi connectivity index (χ3n) is 2.68. The summed E-state index contributed by atoms with van der Waals surface area (Å²) in [7, 11) is 5.60. The van der Waals surface area contributed by atoms with Crippen LogP contribution < -0.4 is 10.1 Å². The van der Waals surface area contributed by atoms with Crippen molar-refractivity contribution in [2.45, 2.75) is 13.8 Å². The molecule has 0 saturated heterocycles. The van der Waals surface area contributed by atoms with Gasteiger partial charge in [-0.3, -0.25) is 4.79 Å². The molecule has 1 N–H and O–H groups in total. The number of aromatic nitrogens is 1. The first kappa shape index (κ1) is 15.4. The van der Waals surface area contributed by atoms with Crippen LogP contribution >= 0.6 is 0 Å². The van der Waals surface area contributed by atoms with Gasteiger partial charge in [-0.2, -0.15) is 0 Å². The van der Waals surface area contributed by atoms with E-state index in [9.17, 15) is 4.79 Å². The summed E-state index contributed by atoms with van der Waals surface area (Å²) in [6.07, 6.45) is 1.52. The fourth-order valence-corrected chi connectivity index (χ4v) is 1.97. The smallest absolute Gasteiger partial charge is 0.252 e. The highest BCUT2D eigenvalue weighted by Crippen LogP contribution is 2.14. The molecule has 1 aromatic heterocycles. The Labute approximate surface area is 115 Å². The third-order valence-corrected chi connectivity index (χ3v) is 2.68. The number of amides is 1. The van der Waals surface area contributed by atoms with Gasteiger partial charge < -0.3 is 15.0 Å². The van der Waals surface area contributed by atoms with E-state index in [4.69, 9.17) is 4.74 Å². The normalized spacial score (nSPS) is 11.5. The van der Waals surface area contributed by atoms with Gasteiger partial charge in [0, 0.05) is 25.4 Å². The molecule has 106 valence electrons. The lowest BCUT2D eigenvalue weighted by Gasteiger charge is -2.28. The summed E-state index contributed by atoms with van der Waals surface area (Å²) in [6.45, 7) is 5.78. The van der Waals surface area contributed by atoms with Gasteiger partial charge in [0.05, 0.1) is 12.7 Å². The number of nitrogens with one attached hydrogen (secondary N) is 1. The second kappa shape index (κ2) is 6.52. The largest absolute Gasteiger partial charge is 0.481 e. The first-order chi connectivity index (χ1) is 8.84. The van der Waals surface area contributed by atoms with Gasteiger partial charge in [0.1, 0.15) is 0 Å². The molecule has 0 atom stereocenters. The molecule has 0 aliphatic carbocycles. The molecule has 1 rings (SSSR count). The number of carbonyl (C=O) groups is 1. The van der Waals surface area contributed by atoms with Crippen molar-refractivity contribution in [3.8, 4) is 5.88 Å². The highest BCUT2D eigenvalue weighted by molar-refractivity contribution is 5.93. The predicted octanol–water partition coefficient (Wildman–Crippen LogP) is 1.41. The molecular weight excluding hydrogens is 242 g/mol. The molecule has 19 heavy (non-hydrogen) atoms. The topological polar surface area (TPSA) is 54.5 Å². The zero-order chi connectivity index (χ0) is 14.5. The average Bonchev–Trinajstić information content (AvgIpc) is 2.34. The Bertz CT molecular complexity index is 413. The number of carbonyl (C=O) groups excluding carboxylic acids is 1. The maximum atomic E-state index is 12.0. The van der Waals surface area contributed by atoms with E-state index >= 15 is 0 Å². The van der Waals surface area contributed by atoms with Crippen LogP contribution in [0.5, 0.6) is 5.88 Å². The van der Waals surface area contributed by atoms with Crippen molar-refractivity contribution in [3.05, 3.63) is 23.9 Å². The molecule has 0 spiro atoms. The number of methoxy groups -OCH3 is 1. The van der Waals surface area contributed by atoms with Gasteiger partial charge in [-0.25, -0.2) is 4.98 Å². The summed E-state index contributed by atoms with van der Waals surface area (Å²) in [4.78, 5) is 18.1. The van der Waals surface area contributed by atoms with E-state index in [-0.39, 0.29) is 11.3 Å². The highest BCUT2D eigenvalue weighted by Gasteiger charge is 2.20. The molecule has 1 aromatic rings. The van der Waals surface area contributed by atoms with Crippen molar-refractivity contribution < 1.29 is 9.53 Å². The van der Waals surface area contributed by atoms with Crippen LogP contribution in [-0.4, -0.2) is 50.1 Å². The van der Waals surface area contributed by atoms with Crippen molar-refractivity contribution in [2.75, 3.05) is 34.3 Å². The molecular formula is C14H23N3O2. The van der Waals surface area contributed by atoms with Gasteiger partial charge in [0.25, 0.3) is 5.91 Å². The minimum atomic E-state index is -0.109. The van der Waals surface area contributed by atoms with Crippen molar-refractivity contribution >= 4 is 5.91 Å². The minimum absolute atomic E-state index is 0.0268. The van der Waals surface area contributed by atoms with Crippen LogP contribution in [0.2, 0.25) is 0 Å². The Hall–Kier alpha value is -1.62. The Balaban J connectivity index is 2.55. The zero-order valence-electron chi connectivity index (χ0n) is 12.4. The van der Waals surface area contributed by atoms with Gasteiger partial charge in [0.15, 0.2) is 0 Å². The van der Waals surface area contributed by atoms with Crippen LogP contribution in [0.4, 0.5) is 0 Å². The van der Waals surface area contributed by atoms with Crippen LogP contribution in [0.25, 0.3) is 0 Å². The molecule has 5 heteroatoms. The second-order valence-corrected chi connectivity index (χ2v) is 5.67. The lowest BCUT2D eigenvalue weighted by Crippen LogP contribution is -2.40. The van der Waals surface area contributed by atoms with Crippen molar-refractivity contribution in [1.82, 2.24) is 15.2 Å². The molecule has 1 amide bonds. The molecule has 1 heterocycles. The van der Waals surface area contributed by atoms with E-state index in [1.165, 1.54) is 6.20 Å². The summed E-state index contributed by atoms with van der Waals surface area (Å²) in [6, 6.07) is 3.39. The van der Waals surface area contributed by atoms with E-state index in [1.807, 2.05) is 14.1 Å². The van der Waals surface area contributed by atoms with Crippen LogP contribution in [0.3, 0.4) is 0 Å². The fourth-order valence-electron chi connectivity index (χ4n) is 1.97. The maximum Gasteiger partial charge on any atom is 0.252 e. The zero-order valence-corrected chi connectivity index (χ0v) is 12.4. The van der Waals surface area contributed by atoms with Crippen LogP contribution in [0.15, 0.2) is 18.3 Å². The van der Waals surface area contributed by atoms with Gasteiger partial charge in [0.2, 0.25) is 5.88 Å². The third kappa shape index (κ3) is 5.26. The number of pyridine rings is 1. The molecule has 0 bridgehead atoms. The number of rotatable bonds is 6. The lowest BCUT2D eigenvalue weighted by atomic mass is 9.93. The standard InChI is InChI=1S/C14H23N3O2/c1-14(2,10-17(3)4)9-16-13(18)11-6-7-12(19-5)15-8-11/h6-8H,9-10H2,1-5H3,(H,16,18). The Morgan fingerprint density at radius 3 is 2.58 bits per heavy atom. The van der Waals surface area contributed by atoms with Crippen molar-refractivity contribution in [2.24, 2.45) is 5.41 Å². The molecule has 0 unspecified atom stereocenters. The number of nitrogens with zero attached hydrogens (tertiary/aromatic N) is 2.